The molecule has 0 aromatic heterocycles. The van der Waals surface area contributed by atoms with Crippen LogP contribution in [0.1, 0.15) is 0 Å². The summed E-state index contributed by atoms with van der Waals surface area (Å²) in [6, 6.07) is 0. The quantitative estimate of drug-likeness (QED) is 0.322. The fourth-order valence-corrected chi connectivity index (χ4v) is 0. The van der Waals surface area contributed by atoms with Gasteiger partial charge in [-0.2, -0.15) is 7.82 Å². The predicted octanol–water partition coefficient (Wildman–Crippen LogP) is -2.67. The minimum atomic E-state index is -5.39. The van der Waals surface area contributed by atoms with E-state index in [1.807, 2.05) is 0 Å². The third-order valence-electron chi connectivity index (χ3n) is 0. The van der Waals surface area contributed by atoms with Crippen molar-refractivity contribution in [1.29, 1.82) is 0 Å². The first-order valence-corrected chi connectivity index (χ1v) is 2.19. The maximum absolute atomic E-state index is 8.55. The summed E-state index contributed by atoms with van der Waals surface area (Å²) in [5, 5.41) is 0. The van der Waals surface area contributed by atoms with Gasteiger partial charge in [0.1, 0.15) is 0 Å². The van der Waals surface area contributed by atoms with Gasteiger partial charge in [0.15, 0.2) is 0 Å². The molecule has 40 valence electrons. The van der Waals surface area contributed by atoms with Gasteiger partial charge >= 0.3 is 0 Å². The van der Waals surface area contributed by atoms with E-state index in [1.165, 1.54) is 0 Å². The van der Waals surface area contributed by atoms with Crippen molar-refractivity contribution in [3.63, 3.8) is 0 Å². The molecule has 0 spiro atoms. The summed E-state index contributed by atoms with van der Waals surface area (Å²) in [7, 11) is -5.39. The smallest absolute Gasteiger partial charge is 0.159 e. The molecule has 0 aromatic carbocycles. The minimum absolute atomic E-state index is 0. The average molecular weight is 115 g/mol. The topological polar surface area (TPSA) is 86.2 Å². The molecule has 0 aromatic rings. The summed E-state index contributed by atoms with van der Waals surface area (Å²) in [5.74, 6) is 0. The van der Waals surface area contributed by atoms with Crippen molar-refractivity contribution in [1.82, 2.24) is 0 Å². The lowest BCUT2D eigenvalue weighted by atomic mass is 15.8. The van der Waals surface area contributed by atoms with E-state index in [-0.39, 0.29) is 4.70 Å². The maximum atomic E-state index is 8.55. The lowest BCUT2D eigenvalue weighted by Crippen LogP contribution is -2.24. The van der Waals surface area contributed by atoms with Crippen LogP contribution in [0.4, 0.5) is 4.70 Å². The van der Waals surface area contributed by atoms with E-state index in [0.717, 1.165) is 0 Å². The SMILES string of the molecule is F.O=P([O-])([O-])[O-]. The van der Waals surface area contributed by atoms with Gasteiger partial charge in [-0.25, -0.2) is 0 Å². The van der Waals surface area contributed by atoms with Crippen molar-refractivity contribution in [2.75, 3.05) is 0 Å². The highest BCUT2D eigenvalue weighted by molar-refractivity contribution is 7.40. The van der Waals surface area contributed by atoms with E-state index < -0.39 is 7.82 Å². The Morgan fingerprint density at radius 3 is 1.17 bits per heavy atom. The van der Waals surface area contributed by atoms with Crippen LogP contribution in [0.5, 0.6) is 0 Å². The molecule has 0 radical (unpaired) electrons. The van der Waals surface area contributed by atoms with Crippen LogP contribution in [-0.2, 0) is 4.57 Å². The third-order valence-corrected chi connectivity index (χ3v) is 0. The Bertz CT molecular complexity index is 53.7. The van der Waals surface area contributed by atoms with Crippen LogP contribution in [0, 0.1) is 0 Å². The van der Waals surface area contributed by atoms with Crippen LogP contribution in [0.3, 0.4) is 0 Å². The average Bonchev–Trinajstić information content (AvgIpc) is 0.722. The molecule has 0 rings (SSSR count). The molecule has 0 bridgehead atoms. The molecule has 0 unspecified atom stereocenters. The van der Waals surface area contributed by atoms with Crippen LogP contribution in [0.15, 0.2) is 0 Å². The zero-order chi connectivity index (χ0) is 4.50. The fraction of sp³-hybridized carbons (Fsp3) is 0. The molecule has 4 nitrogen and oxygen atoms in total. The first-order valence-electron chi connectivity index (χ1n) is 0.730. The second kappa shape index (κ2) is 2.25. The molecule has 0 atom stereocenters. The second-order valence-electron chi connectivity index (χ2n) is 0.447. The molecule has 0 saturated carbocycles. The van der Waals surface area contributed by atoms with Crippen LogP contribution >= 0.6 is 7.82 Å². The lowest BCUT2D eigenvalue weighted by molar-refractivity contribution is -0.432. The van der Waals surface area contributed by atoms with Crippen molar-refractivity contribution in [3.8, 4) is 0 Å². The van der Waals surface area contributed by atoms with Gasteiger partial charge in [-0.05, 0) is 0 Å². The number of halogens is 1. The van der Waals surface area contributed by atoms with Gasteiger partial charge in [0.2, 0.25) is 0 Å². The molecule has 0 amide bonds. The van der Waals surface area contributed by atoms with E-state index in [2.05, 4.69) is 0 Å². The van der Waals surface area contributed by atoms with Crippen molar-refractivity contribution in [2.24, 2.45) is 0 Å². The molecule has 6 heteroatoms. The molecule has 0 heterocycles. The molecule has 0 N–H and O–H groups in total. The van der Waals surface area contributed by atoms with Gasteiger partial charge in [0.25, 0.3) is 0 Å². The van der Waals surface area contributed by atoms with E-state index in [9.17, 15) is 0 Å². The van der Waals surface area contributed by atoms with E-state index >= 15 is 0 Å². The maximum Gasteiger partial charge on any atom is -0.159 e. The van der Waals surface area contributed by atoms with Crippen molar-refractivity contribution < 1.29 is 23.9 Å². The van der Waals surface area contributed by atoms with E-state index in [1.54, 1.807) is 0 Å². The summed E-state index contributed by atoms with van der Waals surface area (Å²) in [4.78, 5) is 25.6. The number of hydrogen-bond acceptors (Lipinski definition) is 4. The van der Waals surface area contributed by atoms with E-state index in [0.29, 0.717) is 0 Å². The highest BCUT2D eigenvalue weighted by Crippen LogP contribution is 2.03. The van der Waals surface area contributed by atoms with Crippen molar-refractivity contribution in [2.45, 2.75) is 0 Å². The van der Waals surface area contributed by atoms with E-state index in [4.69, 9.17) is 19.2 Å². The normalized spacial score (nSPS) is 9.83. The van der Waals surface area contributed by atoms with Crippen LogP contribution < -0.4 is 14.7 Å². The summed E-state index contributed by atoms with van der Waals surface area (Å²) >= 11 is 0. The number of phosphoric acid groups is 1. The minimum Gasteiger partial charge on any atom is -0.822 e. The molecule has 0 saturated heterocycles. The Hall–Kier alpha value is 0.0400. The summed E-state index contributed by atoms with van der Waals surface area (Å²) in [6.07, 6.45) is 0. The monoisotopic (exact) mass is 115 g/mol. The van der Waals surface area contributed by atoms with Gasteiger partial charge < -0.3 is 19.2 Å². The summed E-state index contributed by atoms with van der Waals surface area (Å²) in [5.41, 5.74) is 0. The number of rotatable bonds is 0. The van der Waals surface area contributed by atoms with Gasteiger partial charge in [0.05, 0.1) is 0 Å². The number of hydrogen-bond donors (Lipinski definition) is 0. The Labute approximate surface area is 33.0 Å². The van der Waals surface area contributed by atoms with Gasteiger partial charge in [0, 0.05) is 0 Å². The Kier molecular flexibility index (Phi) is 3.53. The lowest BCUT2D eigenvalue weighted by Gasteiger charge is -2.36. The zero-order valence-corrected chi connectivity index (χ0v) is 3.38. The highest BCUT2D eigenvalue weighted by atomic mass is 31.2. The molecule has 6 heavy (non-hydrogen) atoms. The zero-order valence-electron chi connectivity index (χ0n) is 2.49. The highest BCUT2D eigenvalue weighted by Gasteiger charge is 1.44. The predicted molar refractivity (Wildman–Crippen MR) is 10.1 cm³/mol. The Balaban J connectivity index is 0. The van der Waals surface area contributed by atoms with Gasteiger partial charge in [-0.1, -0.05) is 0 Å². The van der Waals surface area contributed by atoms with Crippen LogP contribution in [0.2, 0.25) is 0 Å². The van der Waals surface area contributed by atoms with Gasteiger partial charge in [-0.15, -0.1) is 0 Å². The third kappa shape index (κ3) is 23300. The second-order valence-corrected chi connectivity index (χ2v) is 1.34. The fourth-order valence-electron chi connectivity index (χ4n) is 0. The Morgan fingerprint density at radius 1 is 1.17 bits per heavy atom. The summed E-state index contributed by atoms with van der Waals surface area (Å²) < 4.78 is 8.55. The molecular formula is HFO4P-3. The molecular weight excluding hydrogens is 114 g/mol. The van der Waals surface area contributed by atoms with Crippen LogP contribution in [-0.4, -0.2) is 0 Å². The van der Waals surface area contributed by atoms with Crippen LogP contribution in [0.25, 0.3) is 0 Å². The first kappa shape index (κ1) is 9.40. The first-order chi connectivity index (χ1) is 2.00. The molecule has 0 aliphatic heterocycles. The molecule has 0 fully saturated rings. The molecule has 0 aliphatic rings. The largest absolute Gasteiger partial charge is 0.822 e. The standard InChI is InChI=1S/FH.H3O4P/c;1-5(2,3)4/h1H;(H3,1,2,3,4)/p-3. The summed E-state index contributed by atoms with van der Waals surface area (Å²) in [6.45, 7) is 0. The van der Waals surface area contributed by atoms with Gasteiger partial charge in [-0.3, -0.25) is 4.70 Å². The molecule has 0 aliphatic carbocycles. The van der Waals surface area contributed by atoms with Crippen molar-refractivity contribution in [3.05, 3.63) is 0 Å². The Morgan fingerprint density at radius 2 is 1.17 bits per heavy atom. The van der Waals surface area contributed by atoms with Crippen molar-refractivity contribution >= 4 is 7.82 Å².